The number of carbonyl (C=O) groups is 4. The highest BCUT2D eigenvalue weighted by atomic mass is 79.9. The fourth-order valence-corrected chi connectivity index (χ4v) is 6.56. The fourth-order valence-electron chi connectivity index (χ4n) is 6.05. The normalized spacial score (nSPS) is 17.3. The van der Waals surface area contributed by atoms with Gasteiger partial charge in [-0.25, -0.2) is 9.78 Å². The van der Waals surface area contributed by atoms with E-state index < -0.39 is 23.3 Å². The van der Waals surface area contributed by atoms with Crippen molar-refractivity contribution in [1.82, 2.24) is 4.98 Å². The van der Waals surface area contributed by atoms with E-state index in [2.05, 4.69) is 15.9 Å². The van der Waals surface area contributed by atoms with Gasteiger partial charge >= 0.3 is 5.97 Å². The number of nitro groups is 1. The minimum atomic E-state index is -0.759. The van der Waals surface area contributed by atoms with E-state index in [1.807, 2.05) is 25.1 Å². The van der Waals surface area contributed by atoms with Crippen LogP contribution in [0.15, 0.2) is 77.3 Å². The summed E-state index contributed by atoms with van der Waals surface area (Å²) in [5, 5.41) is 11.9. The van der Waals surface area contributed by atoms with Gasteiger partial charge in [-0.15, -0.1) is 0 Å². The molecule has 2 heterocycles. The van der Waals surface area contributed by atoms with Crippen molar-refractivity contribution in [2.24, 2.45) is 11.8 Å². The molecule has 46 heavy (non-hydrogen) atoms. The third-order valence-corrected chi connectivity index (χ3v) is 9.01. The lowest BCUT2D eigenvalue weighted by Gasteiger charge is -2.16. The van der Waals surface area contributed by atoms with Crippen molar-refractivity contribution in [1.29, 1.82) is 0 Å². The molecule has 3 aromatic carbocycles. The van der Waals surface area contributed by atoms with Crippen LogP contribution in [0.3, 0.4) is 0 Å². The molecule has 2 aliphatic rings. The fraction of sp³-hybridized carbons (Fsp3) is 0.229. The Labute approximate surface area is 272 Å². The van der Waals surface area contributed by atoms with Crippen LogP contribution in [0.1, 0.15) is 51.6 Å². The molecule has 1 fully saturated rings. The lowest BCUT2D eigenvalue weighted by atomic mass is 9.85. The first-order valence-corrected chi connectivity index (χ1v) is 15.6. The SMILES string of the molecule is CCc1cc(Br)cc2c(C(=O)OCC(=O)c3ccc(C)c([N+](=O)[O-])c3)cc(-c3ccc(N4C(=O)C5CC=CCC5C4=O)cc3)nc12. The maximum Gasteiger partial charge on any atom is 0.339 e. The van der Waals surface area contributed by atoms with Crippen LogP contribution in [0.25, 0.3) is 22.2 Å². The molecule has 1 saturated heterocycles. The number of amides is 2. The number of esters is 1. The predicted octanol–water partition coefficient (Wildman–Crippen LogP) is 6.94. The number of halogens is 1. The Kier molecular flexibility index (Phi) is 8.35. The number of benzene rings is 3. The number of aryl methyl sites for hydroxylation is 2. The Hall–Kier alpha value is -5.03. The van der Waals surface area contributed by atoms with E-state index in [0.29, 0.717) is 52.7 Å². The van der Waals surface area contributed by atoms with E-state index >= 15 is 0 Å². The Bertz CT molecular complexity index is 1960. The van der Waals surface area contributed by atoms with Crippen LogP contribution >= 0.6 is 15.9 Å². The predicted molar refractivity (Wildman–Crippen MR) is 175 cm³/mol. The number of ether oxygens (including phenoxy) is 1. The highest BCUT2D eigenvalue weighted by Gasteiger charge is 2.47. The number of Topliss-reactive ketones (excluding diaryl/α,β-unsaturated/α-hetero) is 1. The van der Waals surface area contributed by atoms with E-state index in [9.17, 15) is 29.3 Å². The van der Waals surface area contributed by atoms with Crippen molar-refractivity contribution in [2.75, 3.05) is 11.5 Å². The summed E-state index contributed by atoms with van der Waals surface area (Å²) in [7, 11) is 0. The molecule has 0 bridgehead atoms. The summed E-state index contributed by atoms with van der Waals surface area (Å²) in [5.41, 5.74) is 3.50. The molecule has 0 radical (unpaired) electrons. The van der Waals surface area contributed by atoms with Gasteiger partial charge < -0.3 is 4.74 Å². The van der Waals surface area contributed by atoms with E-state index in [-0.39, 0.29) is 40.5 Å². The van der Waals surface area contributed by atoms with Crippen LogP contribution in [0.2, 0.25) is 0 Å². The van der Waals surface area contributed by atoms with Gasteiger partial charge in [0, 0.05) is 32.6 Å². The number of carbonyl (C=O) groups excluding carboxylic acids is 4. The Morgan fingerprint density at radius 3 is 2.30 bits per heavy atom. The summed E-state index contributed by atoms with van der Waals surface area (Å²) in [4.78, 5) is 69.5. The maximum atomic E-state index is 13.5. The number of rotatable bonds is 8. The number of imide groups is 1. The molecule has 232 valence electrons. The summed E-state index contributed by atoms with van der Waals surface area (Å²) in [6.45, 7) is 2.93. The van der Waals surface area contributed by atoms with Crippen molar-refractivity contribution < 1.29 is 28.8 Å². The first-order valence-electron chi connectivity index (χ1n) is 14.8. The van der Waals surface area contributed by atoms with Gasteiger partial charge in [-0.05, 0) is 62.1 Å². The zero-order valence-corrected chi connectivity index (χ0v) is 26.6. The van der Waals surface area contributed by atoms with E-state index in [1.165, 1.54) is 23.1 Å². The number of allylic oxidation sites excluding steroid dienone is 2. The van der Waals surface area contributed by atoms with Crippen molar-refractivity contribution >= 4 is 61.8 Å². The number of aromatic nitrogens is 1. The van der Waals surface area contributed by atoms with Gasteiger partial charge in [-0.3, -0.25) is 29.4 Å². The standard InChI is InChI=1S/C35H28BrN3O7/c1-3-20-14-23(36)16-27-28(35(43)46-18-31(40)22-9-8-19(2)30(15-22)39(44)45)17-29(37-32(20)27)21-10-12-24(13-11-21)38-33(41)25-6-4-5-7-26(25)34(38)42/h4-5,8-17,25-26H,3,6-7,18H2,1-2H3. The molecule has 4 aromatic rings. The highest BCUT2D eigenvalue weighted by Crippen LogP contribution is 2.38. The summed E-state index contributed by atoms with van der Waals surface area (Å²) in [6, 6.07) is 16.3. The number of nitro benzene ring substituents is 1. The van der Waals surface area contributed by atoms with Crippen molar-refractivity contribution in [3.63, 3.8) is 0 Å². The molecule has 1 aliphatic carbocycles. The summed E-state index contributed by atoms with van der Waals surface area (Å²) >= 11 is 3.51. The van der Waals surface area contributed by atoms with E-state index in [1.54, 1.807) is 43.3 Å². The molecule has 2 atom stereocenters. The number of anilines is 1. The van der Waals surface area contributed by atoms with Crippen molar-refractivity contribution in [2.45, 2.75) is 33.1 Å². The second-order valence-corrected chi connectivity index (χ2v) is 12.3. The molecule has 1 aliphatic heterocycles. The highest BCUT2D eigenvalue weighted by molar-refractivity contribution is 9.10. The van der Waals surface area contributed by atoms with Crippen molar-refractivity contribution in [3.05, 3.63) is 110 Å². The molecule has 0 N–H and O–H groups in total. The van der Waals surface area contributed by atoms with E-state index in [4.69, 9.17) is 9.72 Å². The molecule has 10 nitrogen and oxygen atoms in total. The number of nitrogens with zero attached hydrogens (tertiary/aromatic N) is 3. The van der Waals surface area contributed by atoms with Gasteiger partial charge in [-0.2, -0.15) is 0 Å². The minimum Gasteiger partial charge on any atom is -0.454 e. The quantitative estimate of drug-likeness (QED) is 0.0487. The van der Waals surface area contributed by atoms with Gasteiger partial charge in [0.25, 0.3) is 5.69 Å². The average molecular weight is 683 g/mol. The maximum absolute atomic E-state index is 13.5. The molecule has 2 amide bonds. The summed E-state index contributed by atoms with van der Waals surface area (Å²) < 4.78 is 6.20. The Morgan fingerprint density at radius 2 is 1.67 bits per heavy atom. The lowest BCUT2D eigenvalue weighted by molar-refractivity contribution is -0.385. The lowest BCUT2D eigenvalue weighted by Crippen LogP contribution is -2.30. The smallest absolute Gasteiger partial charge is 0.339 e. The largest absolute Gasteiger partial charge is 0.454 e. The van der Waals surface area contributed by atoms with Gasteiger partial charge in [0.2, 0.25) is 17.6 Å². The number of hydrogen-bond donors (Lipinski definition) is 0. The third kappa shape index (κ3) is 5.62. The summed E-state index contributed by atoms with van der Waals surface area (Å²) in [6.07, 6.45) is 5.62. The molecule has 0 saturated carbocycles. The molecule has 1 aromatic heterocycles. The first-order chi connectivity index (χ1) is 22.1. The number of fused-ring (bicyclic) bond motifs is 2. The van der Waals surface area contributed by atoms with Gasteiger partial charge in [0.1, 0.15) is 0 Å². The molecular formula is C35H28BrN3O7. The molecule has 6 rings (SSSR count). The molecule has 11 heteroatoms. The number of hydrogen-bond acceptors (Lipinski definition) is 8. The number of ketones is 1. The van der Waals surface area contributed by atoms with Crippen LogP contribution in [0, 0.1) is 28.9 Å². The molecule has 0 spiro atoms. The minimum absolute atomic E-state index is 0.0620. The summed E-state index contributed by atoms with van der Waals surface area (Å²) in [5.74, 6) is -2.42. The number of pyridine rings is 1. The average Bonchev–Trinajstić information content (AvgIpc) is 3.31. The van der Waals surface area contributed by atoms with E-state index in [0.717, 1.165) is 10.0 Å². The van der Waals surface area contributed by atoms with Crippen LogP contribution in [0.5, 0.6) is 0 Å². The zero-order chi connectivity index (χ0) is 32.7. The Balaban J connectivity index is 1.31. The van der Waals surface area contributed by atoms with Crippen LogP contribution < -0.4 is 4.90 Å². The van der Waals surface area contributed by atoms with Crippen LogP contribution in [-0.2, 0) is 20.7 Å². The monoisotopic (exact) mass is 681 g/mol. The van der Waals surface area contributed by atoms with Gasteiger partial charge in [0.05, 0.1) is 39.2 Å². The zero-order valence-electron chi connectivity index (χ0n) is 25.0. The molecular weight excluding hydrogens is 654 g/mol. The van der Waals surface area contributed by atoms with Crippen LogP contribution in [-0.4, -0.2) is 40.1 Å². The van der Waals surface area contributed by atoms with Gasteiger partial charge in [0.15, 0.2) is 6.61 Å². The Morgan fingerprint density at radius 1 is 1.00 bits per heavy atom. The molecule has 2 unspecified atom stereocenters. The third-order valence-electron chi connectivity index (χ3n) is 8.55. The second-order valence-electron chi connectivity index (χ2n) is 11.3. The van der Waals surface area contributed by atoms with Crippen LogP contribution in [0.4, 0.5) is 11.4 Å². The topological polar surface area (TPSA) is 137 Å². The second kappa shape index (κ2) is 12.4. The van der Waals surface area contributed by atoms with Gasteiger partial charge in [-0.1, -0.05) is 59.3 Å². The van der Waals surface area contributed by atoms with Crippen molar-refractivity contribution in [3.8, 4) is 11.3 Å². The first kappa shape index (κ1) is 31.0.